The van der Waals surface area contributed by atoms with Crippen LogP contribution in [0.25, 0.3) is 11.1 Å². The van der Waals surface area contributed by atoms with Crippen molar-refractivity contribution in [3.8, 4) is 11.1 Å². The molecule has 1 aromatic carbocycles. The fourth-order valence-electron chi connectivity index (χ4n) is 1.43. The third-order valence-electron chi connectivity index (χ3n) is 2.18. The number of anilines is 1. The first-order valence-corrected chi connectivity index (χ1v) is 4.83. The minimum atomic E-state index is -0.226. The minimum absolute atomic E-state index is 0.226. The Hall–Kier alpha value is -2.36. The fourth-order valence-corrected chi connectivity index (χ4v) is 1.43. The van der Waals surface area contributed by atoms with Crippen LogP contribution in [0.5, 0.6) is 0 Å². The Morgan fingerprint density at radius 3 is 2.94 bits per heavy atom. The Balaban J connectivity index is 2.38. The molecule has 2 N–H and O–H groups in total. The van der Waals surface area contributed by atoms with Crippen LogP contribution in [0, 0.1) is 0 Å². The summed E-state index contributed by atoms with van der Waals surface area (Å²) in [5.74, 6) is -0.226. The lowest BCUT2D eigenvalue weighted by Crippen LogP contribution is -2.08. The predicted octanol–water partition coefficient (Wildman–Crippen LogP) is 2.20. The predicted molar refractivity (Wildman–Crippen MR) is 62.9 cm³/mol. The van der Waals surface area contributed by atoms with Crippen LogP contribution in [0.4, 0.5) is 5.69 Å². The van der Waals surface area contributed by atoms with Gasteiger partial charge in [0.1, 0.15) is 0 Å². The topological polar surface area (TPSA) is 57.8 Å². The number of carbonyl (C=O) groups is 1. The molecule has 4 heteroatoms. The maximum absolute atomic E-state index is 11.3. The first kappa shape index (κ1) is 10.2. The Morgan fingerprint density at radius 1 is 1.44 bits per heavy atom. The molecule has 2 aromatic rings. The number of nitrogens with one attached hydrogen (secondary N) is 2. The van der Waals surface area contributed by atoms with Crippen LogP contribution in [0.3, 0.4) is 0 Å². The molecule has 0 aliphatic carbocycles. The van der Waals surface area contributed by atoms with Gasteiger partial charge in [0, 0.05) is 23.0 Å². The van der Waals surface area contributed by atoms with Gasteiger partial charge in [0.25, 0.3) is 0 Å². The summed E-state index contributed by atoms with van der Waals surface area (Å²) in [6.45, 7) is 3.42. The van der Waals surface area contributed by atoms with Gasteiger partial charge in [0.05, 0.1) is 6.20 Å². The van der Waals surface area contributed by atoms with Crippen molar-refractivity contribution >= 4 is 11.6 Å². The average molecular weight is 213 g/mol. The van der Waals surface area contributed by atoms with E-state index in [4.69, 9.17) is 0 Å². The van der Waals surface area contributed by atoms with Crippen molar-refractivity contribution < 1.29 is 4.79 Å². The Kier molecular flexibility index (Phi) is 2.82. The molecule has 16 heavy (non-hydrogen) atoms. The highest BCUT2D eigenvalue weighted by atomic mass is 16.1. The molecule has 0 fully saturated rings. The summed E-state index contributed by atoms with van der Waals surface area (Å²) >= 11 is 0. The van der Waals surface area contributed by atoms with Crippen molar-refractivity contribution in [2.24, 2.45) is 0 Å². The number of hydrogen-bond acceptors (Lipinski definition) is 2. The summed E-state index contributed by atoms with van der Waals surface area (Å²) in [5, 5.41) is 9.37. The molecule has 1 heterocycles. The van der Waals surface area contributed by atoms with E-state index >= 15 is 0 Å². The van der Waals surface area contributed by atoms with E-state index in [2.05, 4.69) is 22.1 Å². The number of amides is 1. The van der Waals surface area contributed by atoms with Gasteiger partial charge < -0.3 is 5.32 Å². The number of rotatable bonds is 3. The molecule has 0 bridgehead atoms. The molecule has 0 spiro atoms. The first-order valence-electron chi connectivity index (χ1n) is 4.83. The summed E-state index contributed by atoms with van der Waals surface area (Å²) in [5.41, 5.74) is 2.60. The SMILES string of the molecule is C=CC(=O)Nc1ccccc1-c1cn[nH]c1. The van der Waals surface area contributed by atoms with Crippen molar-refractivity contribution in [2.75, 3.05) is 5.32 Å². The van der Waals surface area contributed by atoms with E-state index in [0.717, 1.165) is 16.8 Å². The standard InChI is InChI=1S/C12H11N3O/c1-2-12(16)15-11-6-4-3-5-10(11)9-7-13-14-8-9/h2-8H,1H2,(H,13,14)(H,15,16). The third kappa shape index (κ3) is 2.00. The number of H-pyrrole nitrogens is 1. The van der Waals surface area contributed by atoms with Crippen LogP contribution in [0.1, 0.15) is 0 Å². The summed E-state index contributed by atoms with van der Waals surface area (Å²) in [6.07, 6.45) is 4.73. The van der Waals surface area contributed by atoms with Gasteiger partial charge in [0.15, 0.2) is 0 Å². The molecule has 0 radical (unpaired) electrons. The van der Waals surface area contributed by atoms with Crippen LogP contribution < -0.4 is 5.32 Å². The normalized spacial score (nSPS) is 9.75. The van der Waals surface area contributed by atoms with E-state index in [0.29, 0.717) is 0 Å². The minimum Gasteiger partial charge on any atom is -0.322 e. The maximum atomic E-state index is 11.3. The van der Waals surface area contributed by atoms with Gasteiger partial charge in [-0.25, -0.2) is 0 Å². The molecule has 80 valence electrons. The molecule has 0 saturated carbocycles. The van der Waals surface area contributed by atoms with Gasteiger partial charge in [-0.05, 0) is 12.1 Å². The van der Waals surface area contributed by atoms with Crippen LogP contribution >= 0.6 is 0 Å². The molecule has 1 aromatic heterocycles. The fraction of sp³-hybridized carbons (Fsp3) is 0. The molecule has 0 saturated heterocycles. The van der Waals surface area contributed by atoms with E-state index in [1.165, 1.54) is 6.08 Å². The van der Waals surface area contributed by atoms with Gasteiger partial charge in [0.2, 0.25) is 5.91 Å². The molecular formula is C12H11N3O. The third-order valence-corrected chi connectivity index (χ3v) is 2.18. The molecular weight excluding hydrogens is 202 g/mol. The molecule has 0 aliphatic heterocycles. The molecule has 0 unspecified atom stereocenters. The molecule has 0 aliphatic rings. The second kappa shape index (κ2) is 4.44. The Morgan fingerprint density at radius 2 is 2.25 bits per heavy atom. The quantitative estimate of drug-likeness (QED) is 0.768. The van der Waals surface area contributed by atoms with Gasteiger partial charge in [-0.2, -0.15) is 5.10 Å². The number of para-hydroxylation sites is 1. The lowest BCUT2D eigenvalue weighted by molar-refractivity contribution is -0.111. The first-order chi connectivity index (χ1) is 7.81. The second-order valence-electron chi connectivity index (χ2n) is 3.23. The lowest BCUT2D eigenvalue weighted by Gasteiger charge is -2.07. The second-order valence-corrected chi connectivity index (χ2v) is 3.23. The molecule has 0 atom stereocenters. The van der Waals surface area contributed by atoms with Gasteiger partial charge in [-0.3, -0.25) is 9.89 Å². The largest absolute Gasteiger partial charge is 0.322 e. The van der Waals surface area contributed by atoms with Gasteiger partial charge in [-0.15, -0.1) is 0 Å². The van der Waals surface area contributed by atoms with Gasteiger partial charge >= 0.3 is 0 Å². The summed E-state index contributed by atoms with van der Waals surface area (Å²) in [6, 6.07) is 7.53. The average Bonchev–Trinajstić information content (AvgIpc) is 2.83. The number of aromatic amines is 1. The van der Waals surface area contributed by atoms with Crippen LogP contribution in [0.2, 0.25) is 0 Å². The highest BCUT2D eigenvalue weighted by molar-refractivity contribution is 6.01. The van der Waals surface area contributed by atoms with E-state index in [-0.39, 0.29) is 5.91 Å². The van der Waals surface area contributed by atoms with Gasteiger partial charge in [-0.1, -0.05) is 24.8 Å². The maximum Gasteiger partial charge on any atom is 0.247 e. The number of benzene rings is 1. The van der Waals surface area contributed by atoms with Crippen molar-refractivity contribution in [3.05, 3.63) is 49.3 Å². The Labute approximate surface area is 93.0 Å². The van der Waals surface area contributed by atoms with E-state index < -0.39 is 0 Å². The number of nitrogens with zero attached hydrogens (tertiary/aromatic N) is 1. The molecule has 1 amide bonds. The monoisotopic (exact) mass is 213 g/mol. The zero-order chi connectivity index (χ0) is 11.4. The van der Waals surface area contributed by atoms with Crippen molar-refractivity contribution in [2.45, 2.75) is 0 Å². The molecule has 2 rings (SSSR count). The van der Waals surface area contributed by atoms with E-state index in [1.54, 1.807) is 12.4 Å². The zero-order valence-electron chi connectivity index (χ0n) is 8.60. The van der Waals surface area contributed by atoms with Crippen molar-refractivity contribution in [3.63, 3.8) is 0 Å². The Bertz CT molecular complexity index is 503. The van der Waals surface area contributed by atoms with E-state index in [9.17, 15) is 4.79 Å². The highest BCUT2D eigenvalue weighted by Crippen LogP contribution is 2.26. The van der Waals surface area contributed by atoms with Crippen molar-refractivity contribution in [1.29, 1.82) is 0 Å². The molecule has 4 nitrogen and oxygen atoms in total. The number of hydrogen-bond donors (Lipinski definition) is 2. The summed E-state index contributed by atoms with van der Waals surface area (Å²) < 4.78 is 0. The summed E-state index contributed by atoms with van der Waals surface area (Å²) in [4.78, 5) is 11.3. The van der Waals surface area contributed by atoms with Crippen LogP contribution in [-0.2, 0) is 4.79 Å². The van der Waals surface area contributed by atoms with Crippen LogP contribution in [0.15, 0.2) is 49.3 Å². The van der Waals surface area contributed by atoms with Crippen LogP contribution in [-0.4, -0.2) is 16.1 Å². The highest BCUT2D eigenvalue weighted by Gasteiger charge is 2.06. The van der Waals surface area contributed by atoms with Crippen molar-refractivity contribution in [1.82, 2.24) is 10.2 Å². The number of carbonyl (C=O) groups excluding carboxylic acids is 1. The smallest absolute Gasteiger partial charge is 0.247 e. The number of aromatic nitrogens is 2. The zero-order valence-corrected chi connectivity index (χ0v) is 8.60. The lowest BCUT2D eigenvalue weighted by atomic mass is 10.1. The summed E-state index contributed by atoms with van der Waals surface area (Å²) in [7, 11) is 0. The van der Waals surface area contributed by atoms with E-state index in [1.807, 2.05) is 24.3 Å².